The smallest absolute Gasteiger partial charge is 0.240 e. The number of amides is 1. The third-order valence-corrected chi connectivity index (χ3v) is 2.03. The molecule has 0 heterocycles. The Balaban J connectivity index is 2.44. The van der Waals surface area contributed by atoms with Crippen molar-refractivity contribution in [3.05, 3.63) is 28.7 Å². The number of hydrogen-bond acceptors (Lipinski definition) is 3. The summed E-state index contributed by atoms with van der Waals surface area (Å²) in [4.78, 5) is 15.7. The molecule has 1 rings (SSSR count). The molecule has 4 nitrogen and oxygen atoms in total. The summed E-state index contributed by atoms with van der Waals surface area (Å²) in [6.07, 6.45) is 0. The minimum absolute atomic E-state index is 0.132. The van der Waals surface area contributed by atoms with Crippen molar-refractivity contribution in [1.82, 2.24) is 5.48 Å². The zero-order valence-electron chi connectivity index (χ0n) is 7.71. The molecule has 1 aromatic carbocycles. The first-order chi connectivity index (χ1) is 6.72. The number of rotatable bonds is 4. The number of benzene rings is 1. The molecule has 0 unspecified atom stereocenters. The van der Waals surface area contributed by atoms with Crippen LogP contribution < -0.4 is 10.8 Å². The summed E-state index contributed by atoms with van der Waals surface area (Å²) in [5.41, 5.74) is 3.22. The molecular formula is C9H11BrN2O2. The molecule has 5 heteroatoms. The van der Waals surface area contributed by atoms with Crippen LogP contribution >= 0.6 is 15.9 Å². The fourth-order valence-corrected chi connectivity index (χ4v) is 1.14. The van der Waals surface area contributed by atoms with Crippen molar-refractivity contribution >= 4 is 27.5 Å². The Labute approximate surface area is 90.7 Å². The average Bonchev–Trinajstić information content (AvgIpc) is 2.18. The van der Waals surface area contributed by atoms with Crippen LogP contribution in [0.25, 0.3) is 0 Å². The first kappa shape index (κ1) is 11.2. The van der Waals surface area contributed by atoms with Gasteiger partial charge in [-0.1, -0.05) is 15.9 Å². The standard InChI is InChI=1S/C9H11BrN2O2/c1-14-11-6-9(13)12-8-4-2-7(10)3-5-8/h2-5,11H,6H2,1H3,(H,12,13). The van der Waals surface area contributed by atoms with Gasteiger partial charge < -0.3 is 10.2 Å². The van der Waals surface area contributed by atoms with Gasteiger partial charge in [0, 0.05) is 10.2 Å². The molecule has 0 radical (unpaired) electrons. The second-order valence-electron chi connectivity index (χ2n) is 2.58. The maximum atomic E-state index is 11.2. The maximum Gasteiger partial charge on any atom is 0.240 e. The van der Waals surface area contributed by atoms with Crippen LogP contribution in [0.3, 0.4) is 0 Å². The molecule has 0 fully saturated rings. The normalized spacial score (nSPS) is 9.86. The van der Waals surface area contributed by atoms with E-state index in [1.807, 2.05) is 24.3 Å². The quantitative estimate of drug-likeness (QED) is 0.806. The number of hydrogen-bond donors (Lipinski definition) is 2. The monoisotopic (exact) mass is 258 g/mol. The number of halogens is 1. The molecule has 0 aromatic heterocycles. The van der Waals surface area contributed by atoms with Gasteiger partial charge in [-0.2, -0.15) is 5.48 Å². The number of anilines is 1. The largest absolute Gasteiger partial charge is 0.325 e. The van der Waals surface area contributed by atoms with Crippen molar-refractivity contribution in [1.29, 1.82) is 0 Å². The molecule has 1 aromatic rings. The van der Waals surface area contributed by atoms with Gasteiger partial charge in [-0.25, -0.2) is 0 Å². The van der Waals surface area contributed by atoms with Crippen LogP contribution in [0.5, 0.6) is 0 Å². The van der Waals surface area contributed by atoms with Crippen LogP contribution in [0.2, 0.25) is 0 Å². The fourth-order valence-electron chi connectivity index (χ4n) is 0.876. The van der Waals surface area contributed by atoms with Gasteiger partial charge in [0.1, 0.15) is 6.54 Å². The lowest BCUT2D eigenvalue weighted by Crippen LogP contribution is -2.27. The fraction of sp³-hybridized carbons (Fsp3) is 0.222. The van der Waals surface area contributed by atoms with E-state index in [0.717, 1.165) is 10.2 Å². The first-order valence-electron chi connectivity index (χ1n) is 4.03. The van der Waals surface area contributed by atoms with Crippen LogP contribution in [0, 0.1) is 0 Å². The summed E-state index contributed by atoms with van der Waals surface area (Å²) in [6.45, 7) is 0.132. The lowest BCUT2D eigenvalue weighted by atomic mass is 10.3. The number of carbonyl (C=O) groups excluding carboxylic acids is 1. The predicted octanol–water partition coefficient (Wildman–Crippen LogP) is 1.54. The Morgan fingerprint density at radius 3 is 2.64 bits per heavy atom. The third kappa shape index (κ3) is 3.87. The van der Waals surface area contributed by atoms with Crippen molar-refractivity contribution in [2.75, 3.05) is 19.0 Å². The summed E-state index contributed by atoms with van der Waals surface area (Å²) in [5, 5.41) is 2.70. The second kappa shape index (κ2) is 5.74. The van der Waals surface area contributed by atoms with Crippen LogP contribution in [-0.4, -0.2) is 19.6 Å². The Kier molecular flexibility index (Phi) is 4.58. The molecule has 14 heavy (non-hydrogen) atoms. The van der Waals surface area contributed by atoms with E-state index in [9.17, 15) is 4.79 Å². The van der Waals surface area contributed by atoms with E-state index >= 15 is 0 Å². The Hall–Kier alpha value is -0.910. The molecule has 0 saturated heterocycles. The maximum absolute atomic E-state index is 11.2. The van der Waals surface area contributed by atoms with E-state index in [1.54, 1.807) is 0 Å². The van der Waals surface area contributed by atoms with Crippen molar-refractivity contribution in [2.45, 2.75) is 0 Å². The predicted molar refractivity (Wildman–Crippen MR) is 57.8 cm³/mol. The molecule has 0 bridgehead atoms. The molecule has 0 aliphatic rings. The van der Waals surface area contributed by atoms with Gasteiger partial charge in [-0.3, -0.25) is 4.79 Å². The average molecular weight is 259 g/mol. The van der Waals surface area contributed by atoms with Crippen molar-refractivity contribution in [3.8, 4) is 0 Å². The number of nitrogens with one attached hydrogen (secondary N) is 2. The number of carbonyl (C=O) groups is 1. The van der Waals surface area contributed by atoms with E-state index in [-0.39, 0.29) is 12.5 Å². The van der Waals surface area contributed by atoms with Crippen molar-refractivity contribution in [3.63, 3.8) is 0 Å². The van der Waals surface area contributed by atoms with Crippen LogP contribution in [-0.2, 0) is 9.63 Å². The van der Waals surface area contributed by atoms with E-state index in [4.69, 9.17) is 0 Å². The Morgan fingerprint density at radius 1 is 1.43 bits per heavy atom. The van der Waals surface area contributed by atoms with Crippen molar-refractivity contribution in [2.24, 2.45) is 0 Å². The molecule has 0 spiro atoms. The highest BCUT2D eigenvalue weighted by atomic mass is 79.9. The molecule has 1 amide bonds. The third-order valence-electron chi connectivity index (χ3n) is 1.51. The van der Waals surface area contributed by atoms with Gasteiger partial charge in [-0.15, -0.1) is 0 Å². The summed E-state index contributed by atoms with van der Waals surface area (Å²) in [5.74, 6) is -0.144. The summed E-state index contributed by atoms with van der Waals surface area (Å²) < 4.78 is 0.977. The second-order valence-corrected chi connectivity index (χ2v) is 3.50. The van der Waals surface area contributed by atoms with Gasteiger partial charge in [0.05, 0.1) is 7.11 Å². The van der Waals surface area contributed by atoms with Crippen LogP contribution in [0.15, 0.2) is 28.7 Å². The molecule has 2 N–H and O–H groups in total. The molecule has 0 aliphatic heterocycles. The minimum Gasteiger partial charge on any atom is -0.325 e. The Morgan fingerprint density at radius 2 is 2.07 bits per heavy atom. The molecule has 76 valence electrons. The van der Waals surface area contributed by atoms with Gasteiger partial charge in [0.25, 0.3) is 0 Å². The molecular weight excluding hydrogens is 248 g/mol. The zero-order chi connectivity index (χ0) is 10.4. The van der Waals surface area contributed by atoms with E-state index < -0.39 is 0 Å². The SMILES string of the molecule is CONCC(=O)Nc1ccc(Br)cc1. The van der Waals surface area contributed by atoms with Gasteiger partial charge >= 0.3 is 0 Å². The zero-order valence-corrected chi connectivity index (χ0v) is 9.30. The highest BCUT2D eigenvalue weighted by Crippen LogP contribution is 2.13. The highest BCUT2D eigenvalue weighted by Gasteiger charge is 2.00. The van der Waals surface area contributed by atoms with E-state index in [2.05, 4.69) is 31.6 Å². The number of hydroxylamine groups is 1. The summed E-state index contributed by atoms with van der Waals surface area (Å²) in [6, 6.07) is 7.35. The van der Waals surface area contributed by atoms with Gasteiger partial charge in [0.2, 0.25) is 5.91 Å². The first-order valence-corrected chi connectivity index (χ1v) is 4.83. The summed E-state index contributed by atoms with van der Waals surface area (Å²) >= 11 is 3.31. The lowest BCUT2D eigenvalue weighted by molar-refractivity contribution is -0.117. The summed E-state index contributed by atoms with van der Waals surface area (Å²) in [7, 11) is 1.47. The molecule has 0 atom stereocenters. The van der Waals surface area contributed by atoms with Crippen LogP contribution in [0.1, 0.15) is 0 Å². The van der Waals surface area contributed by atoms with Gasteiger partial charge in [0.15, 0.2) is 0 Å². The lowest BCUT2D eigenvalue weighted by Gasteiger charge is -2.04. The highest BCUT2D eigenvalue weighted by molar-refractivity contribution is 9.10. The van der Waals surface area contributed by atoms with E-state index in [0.29, 0.717) is 0 Å². The topological polar surface area (TPSA) is 50.4 Å². The molecule has 0 aliphatic carbocycles. The Bertz CT molecular complexity index is 300. The van der Waals surface area contributed by atoms with Crippen molar-refractivity contribution < 1.29 is 9.63 Å². The van der Waals surface area contributed by atoms with Crippen LogP contribution in [0.4, 0.5) is 5.69 Å². The minimum atomic E-state index is -0.144. The molecule has 0 saturated carbocycles. The van der Waals surface area contributed by atoms with E-state index in [1.165, 1.54) is 7.11 Å². The van der Waals surface area contributed by atoms with Gasteiger partial charge in [-0.05, 0) is 24.3 Å².